The van der Waals surface area contributed by atoms with Crippen LogP contribution in [-0.2, 0) is 11.3 Å². The van der Waals surface area contributed by atoms with Crippen LogP contribution in [0.25, 0.3) is 0 Å². The molecule has 202 valence electrons. The summed E-state index contributed by atoms with van der Waals surface area (Å²) in [5, 5.41) is 9.79. The number of halogens is 1. The third kappa shape index (κ3) is 8.44. The summed E-state index contributed by atoms with van der Waals surface area (Å²) in [7, 11) is 1.34. The van der Waals surface area contributed by atoms with Crippen molar-refractivity contribution in [3.8, 4) is 0 Å². The summed E-state index contributed by atoms with van der Waals surface area (Å²) in [6.45, 7) is 2.55. The molecule has 12 heteroatoms. The molecule has 3 N–H and O–H groups in total. The van der Waals surface area contributed by atoms with E-state index < -0.39 is 0 Å². The van der Waals surface area contributed by atoms with E-state index in [9.17, 15) is 14.4 Å². The van der Waals surface area contributed by atoms with Crippen molar-refractivity contribution < 1.29 is 19.1 Å². The molecular weight excluding hydrogens is 602 g/mol. The van der Waals surface area contributed by atoms with E-state index in [1.165, 1.54) is 36.0 Å². The fourth-order valence-electron chi connectivity index (χ4n) is 3.26. The van der Waals surface area contributed by atoms with E-state index in [1.807, 2.05) is 43.3 Å². The number of rotatable bonds is 8. The minimum atomic E-state index is -0.344. The fraction of sp³-hybridized carbons (Fsp3) is 0.222. The Kier molecular flexibility index (Phi) is 9.79. The van der Waals surface area contributed by atoms with Gasteiger partial charge in [-0.3, -0.25) is 9.59 Å². The molecular formula is C27H26BrN5O4S2. The zero-order valence-corrected chi connectivity index (χ0v) is 24.4. The summed E-state index contributed by atoms with van der Waals surface area (Å²) in [5.74, 6) is -0.686. The van der Waals surface area contributed by atoms with Gasteiger partial charge in [0.05, 0.1) is 19.5 Å². The highest BCUT2D eigenvalue weighted by Crippen LogP contribution is 2.24. The number of nitrogens with one attached hydrogen (secondary N) is 3. The van der Waals surface area contributed by atoms with Gasteiger partial charge in [0, 0.05) is 23.8 Å². The van der Waals surface area contributed by atoms with E-state index in [0.29, 0.717) is 42.6 Å². The number of hydrogen-bond acceptors (Lipinski definition) is 9. The van der Waals surface area contributed by atoms with E-state index >= 15 is 0 Å². The molecule has 1 fully saturated rings. The minimum absolute atomic E-state index is 0.104. The first-order chi connectivity index (χ1) is 18.8. The van der Waals surface area contributed by atoms with Gasteiger partial charge in [-0.2, -0.15) is 0 Å². The molecule has 2 aromatic heterocycles. The Hall–Kier alpha value is -3.61. The van der Waals surface area contributed by atoms with Crippen LogP contribution < -0.4 is 16.0 Å². The standard InChI is InChI=1S/C22H22N4O2S.C5H4BrNO2S/c1-14-7-8-16(20(27)25-17-9-10-17)11-18(14)26-21(28)19-13-24-22(29-19)23-12-15-5-3-2-4-6-15;1-9-4(8)3-2-7-5(6)10-3/h2-8,11,13,17H,9-10,12H2,1H3,(H,23,24)(H,25,27)(H,26,28);2H,1H3. The third-order valence-corrected chi connectivity index (χ3v) is 7.95. The Bertz CT molecular complexity index is 1450. The molecule has 0 atom stereocenters. The van der Waals surface area contributed by atoms with Crippen molar-refractivity contribution in [2.45, 2.75) is 32.4 Å². The number of thiazole rings is 2. The van der Waals surface area contributed by atoms with Crippen LogP contribution in [-0.4, -0.2) is 40.9 Å². The average molecular weight is 629 g/mol. The van der Waals surface area contributed by atoms with Crippen LogP contribution in [0.2, 0.25) is 0 Å². The number of carbonyl (C=O) groups is 3. The second-order valence-corrected chi connectivity index (χ2v) is 11.9. The van der Waals surface area contributed by atoms with Crippen LogP contribution in [0.3, 0.4) is 0 Å². The monoisotopic (exact) mass is 627 g/mol. The van der Waals surface area contributed by atoms with Crippen LogP contribution in [0.1, 0.15) is 53.7 Å². The Morgan fingerprint density at radius 2 is 1.74 bits per heavy atom. The topological polar surface area (TPSA) is 122 Å². The van der Waals surface area contributed by atoms with Gasteiger partial charge in [0.25, 0.3) is 11.8 Å². The van der Waals surface area contributed by atoms with Crippen molar-refractivity contribution in [1.29, 1.82) is 0 Å². The summed E-state index contributed by atoms with van der Waals surface area (Å²) in [4.78, 5) is 44.8. The number of esters is 1. The van der Waals surface area contributed by atoms with Crippen molar-refractivity contribution in [2.75, 3.05) is 17.7 Å². The second-order valence-electron chi connectivity index (χ2n) is 8.57. The number of nitrogens with zero attached hydrogens (tertiary/aromatic N) is 2. The van der Waals surface area contributed by atoms with Crippen LogP contribution >= 0.6 is 38.6 Å². The molecule has 2 aromatic carbocycles. The Morgan fingerprint density at radius 3 is 2.41 bits per heavy atom. The first-order valence-corrected chi connectivity index (χ1v) is 14.4. The molecule has 0 radical (unpaired) electrons. The van der Waals surface area contributed by atoms with Crippen LogP contribution in [0.15, 0.2) is 64.8 Å². The third-order valence-electron chi connectivity index (χ3n) is 5.54. The lowest BCUT2D eigenvalue weighted by Crippen LogP contribution is -2.25. The predicted octanol–water partition coefficient (Wildman–Crippen LogP) is 5.90. The number of aromatic nitrogens is 2. The lowest BCUT2D eigenvalue weighted by molar-refractivity contribution is 0.0605. The molecule has 39 heavy (non-hydrogen) atoms. The van der Waals surface area contributed by atoms with Crippen molar-refractivity contribution in [3.05, 3.63) is 91.3 Å². The van der Waals surface area contributed by atoms with Crippen LogP contribution in [0, 0.1) is 6.92 Å². The van der Waals surface area contributed by atoms with Crippen molar-refractivity contribution in [2.24, 2.45) is 0 Å². The van der Waals surface area contributed by atoms with Gasteiger partial charge in [0.1, 0.15) is 9.75 Å². The second kappa shape index (κ2) is 13.5. The number of ether oxygens (including phenoxy) is 1. The quantitative estimate of drug-likeness (QED) is 0.208. The summed E-state index contributed by atoms with van der Waals surface area (Å²) in [6, 6.07) is 15.6. The Balaban J connectivity index is 0.000000298. The Morgan fingerprint density at radius 1 is 1.00 bits per heavy atom. The number of anilines is 2. The van der Waals surface area contributed by atoms with Gasteiger partial charge < -0.3 is 20.7 Å². The smallest absolute Gasteiger partial charge is 0.349 e. The predicted molar refractivity (Wildman–Crippen MR) is 157 cm³/mol. The minimum Gasteiger partial charge on any atom is -0.465 e. The molecule has 5 rings (SSSR count). The SMILES string of the molecule is COC(=O)c1cnc(Br)s1.Cc1ccc(C(=O)NC2CC2)cc1NC(=O)c1cnc(NCc2ccccc2)s1. The zero-order chi connectivity index (χ0) is 27.8. The lowest BCUT2D eigenvalue weighted by atomic mass is 10.1. The molecule has 0 saturated heterocycles. The van der Waals surface area contributed by atoms with Crippen LogP contribution in [0.4, 0.5) is 10.8 Å². The molecule has 1 saturated carbocycles. The molecule has 2 amide bonds. The molecule has 2 heterocycles. The molecule has 9 nitrogen and oxygen atoms in total. The molecule has 4 aromatic rings. The van der Waals surface area contributed by atoms with Gasteiger partial charge in [-0.15, -0.1) is 11.3 Å². The number of benzene rings is 2. The van der Waals surface area contributed by atoms with Crippen LogP contribution in [0.5, 0.6) is 0 Å². The van der Waals surface area contributed by atoms with Gasteiger partial charge in [0.15, 0.2) is 9.05 Å². The van der Waals surface area contributed by atoms with Gasteiger partial charge >= 0.3 is 5.97 Å². The number of carbonyl (C=O) groups excluding carboxylic acids is 3. The van der Waals surface area contributed by atoms with Gasteiger partial charge in [0.2, 0.25) is 0 Å². The normalized spacial score (nSPS) is 12.1. The number of aryl methyl sites for hydroxylation is 1. The molecule has 1 aliphatic rings. The highest BCUT2D eigenvalue weighted by molar-refractivity contribution is 9.11. The van der Waals surface area contributed by atoms with Crippen molar-refractivity contribution >= 4 is 67.2 Å². The van der Waals surface area contributed by atoms with E-state index in [-0.39, 0.29) is 17.8 Å². The molecule has 0 unspecified atom stereocenters. The van der Waals surface area contributed by atoms with E-state index in [1.54, 1.807) is 18.3 Å². The molecule has 0 aliphatic heterocycles. The molecule has 0 bridgehead atoms. The lowest BCUT2D eigenvalue weighted by Gasteiger charge is -2.10. The van der Waals surface area contributed by atoms with Gasteiger partial charge in [-0.05, 0) is 59.0 Å². The number of hydrogen-bond donors (Lipinski definition) is 3. The fourth-order valence-corrected chi connectivity index (χ4v) is 5.15. The van der Waals surface area contributed by atoms with Gasteiger partial charge in [-0.25, -0.2) is 14.8 Å². The van der Waals surface area contributed by atoms with E-state index in [4.69, 9.17) is 0 Å². The highest BCUT2D eigenvalue weighted by Gasteiger charge is 2.24. The maximum absolute atomic E-state index is 12.7. The van der Waals surface area contributed by atoms with Crippen molar-refractivity contribution in [3.63, 3.8) is 0 Å². The largest absolute Gasteiger partial charge is 0.465 e. The number of methoxy groups -OCH3 is 1. The summed E-state index contributed by atoms with van der Waals surface area (Å²) in [5.41, 5.74) is 3.22. The molecule has 1 aliphatic carbocycles. The highest BCUT2D eigenvalue weighted by atomic mass is 79.9. The maximum Gasteiger partial charge on any atom is 0.349 e. The summed E-state index contributed by atoms with van der Waals surface area (Å²) in [6.07, 6.45) is 5.10. The van der Waals surface area contributed by atoms with E-state index in [0.717, 1.165) is 24.0 Å². The zero-order valence-electron chi connectivity index (χ0n) is 21.2. The average Bonchev–Trinajstić information content (AvgIpc) is 3.43. The maximum atomic E-state index is 12.7. The first-order valence-electron chi connectivity index (χ1n) is 12.0. The molecule has 0 spiro atoms. The first kappa shape index (κ1) is 28.4. The van der Waals surface area contributed by atoms with E-state index in [2.05, 4.69) is 46.6 Å². The van der Waals surface area contributed by atoms with Gasteiger partial charge in [-0.1, -0.05) is 47.7 Å². The summed E-state index contributed by atoms with van der Waals surface area (Å²) < 4.78 is 5.15. The number of amides is 2. The van der Waals surface area contributed by atoms with Crippen molar-refractivity contribution in [1.82, 2.24) is 15.3 Å². The Labute approximate surface area is 242 Å². The summed E-state index contributed by atoms with van der Waals surface area (Å²) >= 11 is 5.68.